The quantitative estimate of drug-likeness (QED) is 0.434. The molecule has 0 aliphatic carbocycles. The number of aromatic amines is 1. The van der Waals surface area contributed by atoms with Crippen LogP contribution in [0.3, 0.4) is 0 Å². The molecule has 0 saturated carbocycles. The summed E-state index contributed by atoms with van der Waals surface area (Å²) in [6.45, 7) is 3.90. The van der Waals surface area contributed by atoms with Gasteiger partial charge in [-0.25, -0.2) is 9.18 Å². The first-order valence-corrected chi connectivity index (χ1v) is 11.1. The number of ketones is 1. The van der Waals surface area contributed by atoms with Crippen molar-refractivity contribution in [1.82, 2.24) is 20.0 Å². The minimum absolute atomic E-state index is 0.0477. The molecule has 0 amide bonds. The molecule has 1 atom stereocenters. The minimum Gasteiger partial charge on any atom is -0.462 e. The Morgan fingerprint density at radius 2 is 1.97 bits per heavy atom. The third kappa shape index (κ3) is 3.81. The minimum atomic E-state index is -0.572. The Balaban J connectivity index is 1.57. The number of fused-ring (bicyclic) bond motifs is 2. The number of Topliss-reactive ketones (excluding diaryl/α,β-unsaturated/α-hetero) is 1. The molecule has 2 aromatic carbocycles. The van der Waals surface area contributed by atoms with Crippen molar-refractivity contribution in [2.45, 2.75) is 32.7 Å². The van der Waals surface area contributed by atoms with Crippen LogP contribution in [0.2, 0.25) is 0 Å². The molecule has 0 bridgehead atoms. The summed E-state index contributed by atoms with van der Waals surface area (Å²) in [7, 11) is 0. The summed E-state index contributed by atoms with van der Waals surface area (Å²) in [4.78, 5) is 26.2. The summed E-state index contributed by atoms with van der Waals surface area (Å²) in [6.07, 6.45) is 3.81. The van der Waals surface area contributed by atoms with Crippen molar-refractivity contribution < 1.29 is 18.7 Å². The van der Waals surface area contributed by atoms with Crippen molar-refractivity contribution in [2.75, 3.05) is 6.61 Å². The van der Waals surface area contributed by atoms with Gasteiger partial charge in [-0.2, -0.15) is 10.2 Å². The average molecular weight is 458 g/mol. The van der Waals surface area contributed by atoms with E-state index in [1.54, 1.807) is 29.9 Å². The number of carbonyl (C=O) groups is 2. The van der Waals surface area contributed by atoms with E-state index in [2.05, 4.69) is 15.3 Å². The molecule has 0 spiro atoms. The first-order valence-electron chi connectivity index (χ1n) is 11.1. The van der Waals surface area contributed by atoms with Crippen LogP contribution in [0.1, 0.15) is 47.1 Å². The number of ether oxygens (including phenoxy) is 1. The van der Waals surface area contributed by atoms with Crippen molar-refractivity contribution >= 4 is 22.7 Å². The van der Waals surface area contributed by atoms with Crippen LogP contribution in [-0.2, 0) is 22.4 Å². The van der Waals surface area contributed by atoms with Gasteiger partial charge in [0.05, 0.1) is 30.2 Å². The third-order valence-electron chi connectivity index (χ3n) is 6.16. The zero-order valence-corrected chi connectivity index (χ0v) is 18.8. The van der Waals surface area contributed by atoms with E-state index in [0.717, 1.165) is 22.0 Å². The summed E-state index contributed by atoms with van der Waals surface area (Å²) in [5, 5.41) is 12.4. The number of halogens is 1. The normalized spacial score (nSPS) is 15.4. The highest BCUT2D eigenvalue weighted by Gasteiger charge is 2.35. The monoisotopic (exact) mass is 458 g/mol. The van der Waals surface area contributed by atoms with E-state index in [1.165, 1.54) is 18.3 Å². The van der Waals surface area contributed by atoms with Gasteiger partial charge in [0, 0.05) is 23.8 Å². The van der Waals surface area contributed by atoms with Crippen LogP contribution < -0.4 is 0 Å². The van der Waals surface area contributed by atoms with Crippen molar-refractivity contribution in [3.05, 3.63) is 94.2 Å². The van der Waals surface area contributed by atoms with Gasteiger partial charge in [-0.15, -0.1) is 0 Å². The number of carbonyl (C=O) groups excluding carboxylic acids is 2. The first-order chi connectivity index (χ1) is 16.5. The molecule has 1 unspecified atom stereocenters. The fraction of sp³-hybridized carbons (Fsp3) is 0.231. The van der Waals surface area contributed by atoms with E-state index < -0.39 is 12.0 Å². The maximum absolute atomic E-state index is 13.7. The SMILES string of the molecule is CCOC(=O)c1cnn2c1CC(C)=C(C(=O)Cc1ccc3[nH]ncc3c1)C2c1ccc(F)cc1. The molecule has 0 radical (unpaired) electrons. The summed E-state index contributed by atoms with van der Waals surface area (Å²) < 4.78 is 20.6. The van der Waals surface area contributed by atoms with Gasteiger partial charge in [-0.05, 0) is 49.2 Å². The van der Waals surface area contributed by atoms with Gasteiger partial charge >= 0.3 is 5.97 Å². The van der Waals surface area contributed by atoms with Crippen LogP contribution in [0.4, 0.5) is 4.39 Å². The zero-order valence-electron chi connectivity index (χ0n) is 18.8. The molecule has 172 valence electrons. The highest BCUT2D eigenvalue weighted by Crippen LogP contribution is 2.37. The Bertz CT molecular complexity index is 1430. The van der Waals surface area contributed by atoms with Gasteiger partial charge < -0.3 is 4.74 Å². The molecule has 1 aliphatic rings. The van der Waals surface area contributed by atoms with Crippen LogP contribution in [-0.4, -0.2) is 38.3 Å². The van der Waals surface area contributed by atoms with Gasteiger partial charge in [0.15, 0.2) is 5.78 Å². The Kier molecular flexibility index (Phi) is 5.57. The molecule has 0 saturated heterocycles. The van der Waals surface area contributed by atoms with Crippen LogP contribution >= 0.6 is 0 Å². The lowest BCUT2D eigenvalue weighted by Crippen LogP contribution is -2.29. The molecule has 1 N–H and O–H groups in total. The highest BCUT2D eigenvalue weighted by atomic mass is 19.1. The van der Waals surface area contributed by atoms with Crippen molar-refractivity contribution in [2.24, 2.45) is 0 Å². The number of hydrogen-bond donors (Lipinski definition) is 1. The maximum Gasteiger partial charge on any atom is 0.341 e. The summed E-state index contributed by atoms with van der Waals surface area (Å²) in [5.74, 6) is -0.861. The van der Waals surface area contributed by atoms with Crippen molar-refractivity contribution in [3.63, 3.8) is 0 Å². The molecule has 1 aliphatic heterocycles. The molecule has 3 heterocycles. The van der Waals surface area contributed by atoms with E-state index >= 15 is 0 Å². The molecule has 34 heavy (non-hydrogen) atoms. The number of nitrogens with one attached hydrogen (secondary N) is 1. The fourth-order valence-corrected chi connectivity index (χ4v) is 4.59. The van der Waals surface area contributed by atoms with Crippen LogP contribution in [0, 0.1) is 5.82 Å². The Labute approximate surface area is 195 Å². The van der Waals surface area contributed by atoms with E-state index in [0.29, 0.717) is 28.8 Å². The lowest BCUT2D eigenvalue weighted by molar-refractivity contribution is -0.115. The van der Waals surface area contributed by atoms with Crippen LogP contribution in [0.5, 0.6) is 0 Å². The lowest BCUT2D eigenvalue weighted by Gasteiger charge is -2.29. The summed E-state index contributed by atoms with van der Waals surface area (Å²) in [5.41, 5.74) is 5.00. The van der Waals surface area contributed by atoms with Gasteiger partial charge in [0.1, 0.15) is 17.4 Å². The largest absolute Gasteiger partial charge is 0.462 e. The van der Waals surface area contributed by atoms with E-state index in [9.17, 15) is 14.0 Å². The van der Waals surface area contributed by atoms with Gasteiger partial charge in [0.25, 0.3) is 0 Å². The lowest BCUT2D eigenvalue weighted by atomic mass is 9.84. The number of nitrogens with zero attached hydrogens (tertiary/aromatic N) is 3. The molecule has 7 nitrogen and oxygen atoms in total. The fourth-order valence-electron chi connectivity index (χ4n) is 4.59. The second-order valence-electron chi connectivity index (χ2n) is 8.39. The standard InChI is InChI=1S/C26H23FN4O3/c1-3-34-26(33)20-14-29-31-22(20)10-15(2)24(25(31)17-5-7-19(27)8-6-17)23(32)12-16-4-9-21-18(11-16)13-28-30-21/h4-9,11,13-14,25H,3,10,12H2,1-2H3,(H,28,30). The topological polar surface area (TPSA) is 89.9 Å². The molecular formula is C26H23FN4O3. The predicted octanol–water partition coefficient (Wildman–Crippen LogP) is 4.35. The number of aromatic nitrogens is 4. The second kappa shape index (κ2) is 8.70. The molecule has 2 aromatic heterocycles. The number of rotatable bonds is 6. The summed E-state index contributed by atoms with van der Waals surface area (Å²) in [6, 6.07) is 11.2. The van der Waals surface area contributed by atoms with Crippen LogP contribution in [0.15, 0.2) is 66.0 Å². The van der Waals surface area contributed by atoms with Crippen molar-refractivity contribution in [1.29, 1.82) is 0 Å². The van der Waals surface area contributed by atoms with Crippen molar-refractivity contribution in [3.8, 4) is 0 Å². The van der Waals surface area contributed by atoms with Gasteiger partial charge in [0.2, 0.25) is 0 Å². The van der Waals surface area contributed by atoms with Gasteiger partial charge in [-0.1, -0.05) is 23.8 Å². The van der Waals surface area contributed by atoms with E-state index in [-0.39, 0.29) is 24.6 Å². The average Bonchev–Trinajstić information content (AvgIpc) is 3.45. The number of allylic oxidation sites excluding steroid dienone is 2. The number of benzene rings is 2. The molecule has 5 rings (SSSR count). The first kappa shape index (κ1) is 21.8. The third-order valence-corrected chi connectivity index (χ3v) is 6.16. The van der Waals surface area contributed by atoms with E-state index in [4.69, 9.17) is 4.74 Å². The smallest absolute Gasteiger partial charge is 0.341 e. The highest BCUT2D eigenvalue weighted by molar-refractivity contribution is 6.00. The molecule has 0 fully saturated rings. The summed E-state index contributed by atoms with van der Waals surface area (Å²) >= 11 is 0. The molecule has 4 aromatic rings. The Morgan fingerprint density at radius 1 is 1.18 bits per heavy atom. The number of H-pyrrole nitrogens is 1. The second-order valence-corrected chi connectivity index (χ2v) is 8.39. The molecular weight excluding hydrogens is 435 g/mol. The number of esters is 1. The predicted molar refractivity (Wildman–Crippen MR) is 124 cm³/mol. The number of hydrogen-bond acceptors (Lipinski definition) is 5. The molecule has 8 heteroatoms. The van der Waals surface area contributed by atoms with Crippen LogP contribution in [0.25, 0.3) is 10.9 Å². The van der Waals surface area contributed by atoms with E-state index in [1.807, 2.05) is 25.1 Å². The Hall–Kier alpha value is -4.07. The maximum atomic E-state index is 13.7. The van der Waals surface area contributed by atoms with Gasteiger partial charge in [-0.3, -0.25) is 14.6 Å². The zero-order chi connectivity index (χ0) is 23.8. The Morgan fingerprint density at radius 3 is 2.74 bits per heavy atom.